The molecule has 23 heavy (non-hydrogen) atoms. The summed E-state index contributed by atoms with van der Waals surface area (Å²) in [5.74, 6) is 0.520. The summed E-state index contributed by atoms with van der Waals surface area (Å²) in [4.78, 5) is 2.51. The molecule has 6 nitrogen and oxygen atoms in total. The summed E-state index contributed by atoms with van der Waals surface area (Å²) >= 11 is 0. The van der Waals surface area contributed by atoms with E-state index in [1.54, 1.807) is 19.2 Å². The summed E-state index contributed by atoms with van der Waals surface area (Å²) in [5, 5.41) is 0. The van der Waals surface area contributed by atoms with Gasteiger partial charge < -0.3 is 9.47 Å². The van der Waals surface area contributed by atoms with E-state index in [2.05, 4.69) is 9.62 Å². The molecule has 1 aromatic rings. The van der Waals surface area contributed by atoms with Gasteiger partial charge in [-0.2, -0.15) is 0 Å². The minimum absolute atomic E-state index is 0.0668. The van der Waals surface area contributed by atoms with Crippen molar-refractivity contribution in [3.8, 4) is 5.75 Å². The summed E-state index contributed by atoms with van der Waals surface area (Å²) in [5.41, 5.74) is 0.971. The number of hydrogen-bond donors (Lipinski definition) is 1. The lowest BCUT2D eigenvalue weighted by Crippen LogP contribution is -2.48. The molecule has 0 aromatic heterocycles. The molecule has 0 bridgehead atoms. The van der Waals surface area contributed by atoms with Gasteiger partial charge in [0.1, 0.15) is 10.6 Å². The van der Waals surface area contributed by atoms with Crippen molar-refractivity contribution in [2.24, 2.45) is 0 Å². The molecule has 1 N–H and O–H groups in total. The summed E-state index contributed by atoms with van der Waals surface area (Å²) < 4.78 is 39.0. The fourth-order valence-electron chi connectivity index (χ4n) is 3.25. The molecule has 1 atom stereocenters. The average Bonchev–Trinajstić information content (AvgIpc) is 3.01. The fraction of sp³-hybridized carbons (Fsp3) is 0.625. The first kappa shape index (κ1) is 16.7. The van der Waals surface area contributed by atoms with Crippen LogP contribution in [0.15, 0.2) is 23.1 Å². The van der Waals surface area contributed by atoms with Crippen LogP contribution in [0.5, 0.6) is 5.75 Å². The third kappa shape index (κ3) is 3.85. The number of benzene rings is 1. The van der Waals surface area contributed by atoms with Crippen molar-refractivity contribution in [3.63, 3.8) is 0 Å². The van der Waals surface area contributed by atoms with Gasteiger partial charge in [0.2, 0.25) is 10.0 Å². The van der Waals surface area contributed by atoms with Crippen LogP contribution in [0.2, 0.25) is 0 Å². The summed E-state index contributed by atoms with van der Waals surface area (Å²) in [6, 6.07) is 5.27. The number of rotatable bonds is 6. The number of nitrogens with zero attached hydrogens (tertiary/aromatic N) is 1. The monoisotopic (exact) mass is 340 g/mol. The number of fused-ring (bicyclic) bond motifs is 1. The minimum atomic E-state index is -3.56. The van der Waals surface area contributed by atoms with Gasteiger partial charge in [-0.1, -0.05) is 12.1 Å². The minimum Gasteiger partial charge on any atom is -0.492 e. The molecule has 2 heterocycles. The predicted molar refractivity (Wildman–Crippen MR) is 87.3 cm³/mol. The molecule has 0 amide bonds. The highest BCUT2D eigenvalue weighted by Crippen LogP contribution is 2.32. The molecule has 1 saturated heterocycles. The van der Waals surface area contributed by atoms with E-state index in [1.165, 1.54) is 0 Å². The van der Waals surface area contributed by atoms with Gasteiger partial charge in [0.05, 0.1) is 13.2 Å². The Hall–Kier alpha value is -1.15. The lowest BCUT2D eigenvalue weighted by atomic mass is 10.1. The van der Waals surface area contributed by atoms with Crippen LogP contribution < -0.4 is 9.46 Å². The van der Waals surface area contributed by atoms with Gasteiger partial charge in [0.15, 0.2) is 0 Å². The Labute approximate surface area is 137 Å². The van der Waals surface area contributed by atoms with Crippen molar-refractivity contribution in [1.29, 1.82) is 0 Å². The second-order valence-corrected chi connectivity index (χ2v) is 7.78. The standard InChI is InChI=1S/C16H24N2O4S/c1-21-11-9-18-8-3-5-14(12-18)17-23(19,20)15-6-2-4-13-7-10-22-16(13)15/h2,4,6,14,17H,3,5,7-12H2,1H3. The predicted octanol–water partition coefficient (Wildman–Crippen LogP) is 1.01. The zero-order valence-electron chi connectivity index (χ0n) is 13.5. The number of para-hydroxylation sites is 1. The highest BCUT2D eigenvalue weighted by atomic mass is 32.2. The van der Waals surface area contributed by atoms with Gasteiger partial charge >= 0.3 is 0 Å². The number of nitrogens with one attached hydrogen (secondary N) is 1. The van der Waals surface area contributed by atoms with Crippen LogP contribution in [0, 0.1) is 0 Å². The van der Waals surface area contributed by atoms with Crippen molar-refractivity contribution in [2.45, 2.75) is 30.2 Å². The normalized spacial score (nSPS) is 21.9. The lowest BCUT2D eigenvalue weighted by Gasteiger charge is -2.32. The second-order valence-electron chi connectivity index (χ2n) is 6.10. The lowest BCUT2D eigenvalue weighted by molar-refractivity contribution is 0.126. The van der Waals surface area contributed by atoms with Crippen molar-refractivity contribution in [2.75, 3.05) is 40.0 Å². The van der Waals surface area contributed by atoms with E-state index >= 15 is 0 Å². The third-order valence-corrected chi connectivity index (χ3v) is 5.95. The largest absolute Gasteiger partial charge is 0.492 e. The molecule has 0 radical (unpaired) electrons. The van der Waals surface area contributed by atoms with Crippen LogP contribution in [-0.2, 0) is 21.2 Å². The molecule has 2 aliphatic rings. The Morgan fingerprint density at radius 2 is 2.30 bits per heavy atom. The first-order valence-electron chi connectivity index (χ1n) is 8.08. The van der Waals surface area contributed by atoms with Gasteiger partial charge in [-0.05, 0) is 31.0 Å². The van der Waals surface area contributed by atoms with Gasteiger partial charge in [-0.25, -0.2) is 13.1 Å². The van der Waals surface area contributed by atoms with Gasteiger partial charge in [-0.3, -0.25) is 4.90 Å². The SMILES string of the molecule is COCCN1CCCC(NS(=O)(=O)c2cccc3c2OCC3)C1. The van der Waals surface area contributed by atoms with Gasteiger partial charge in [0.25, 0.3) is 0 Å². The van der Waals surface area contributed by atoms with Crippen molar-refractivity contribution >= 4 is 10.0 Å². The maximum atomic E-state index is 12.7. The van der Waals surface area contributed by atoms with E-state index in [-0.39, 0.29) is 10.9 Å². The Balaban J connectivity index is 1.70. The zero-order valence-corrected chi connectivity index (χ0v) is 14.3. The molecular formula is C16H24N2O4S. The van der Waals surface area contributed by atoms with E-state index in [9.17, 15) is 8.42 Å². The molecular weight excluding hydrogens is 316 g/mol. The maximum absolute atomic E-state index is 12.7. The number of piperidine rings is 1. The van der Waals surface area contributed by atoms with Gasteiger partial charge in [0, 0.05) is 32.7 Å². The Kier molecular flexibility index (Phi) is 5.21. The van der Waals surface area contributed by atoms with E-state index in [1.807, 2.05) is 6.07 Å². The first-order valence-corrected chi connectivity index (χ1v) is 9.57. The number of methoxy groups -OCH3 is 1. The van der Waals surface area contributed by atoms with E-state index in [0.717, 1.165) is 44.5 Å². The summed E-state index contributed by atoms with van der Waals surface area (Å²) in [7, 11) is -1.88. The highest BCUT2D eigenvalue weighted by molar-refractivity contribution is 7.89. The molecule has 7 heteroatoms. The van der Waals surface area contributed by atoms with Crippen molar-refractivity contribution in [1.82, 2.24) is 9.62 Å². The number of ether oxygens (including phenoxy) is 2. The third-order valence-electron chi connectivity index (χ3n) is 4.41. The average molecular weight is 340 g/mol. The fourth-order valence-corrected chi connectivity index (χ4v) is 4.70. The van der Waals surface area contributed by atoms with Crippen LogP contribution in [-0.4, -0.2) is 59.3 Å². The van der Waals surface area contributed by atoms with E-state index in [0.29, 0.717) is 19.0 Å². The number of likely N-dealkylation sites (tertiary alicyclic amines) is 1. The smallest absolute Gasteiger partial charge is 0.244 e. The molecule has 1 unspecified atom stereocenters. The summed E-state index contributed by atoms with van der Waals surface area (Å²) in [6.45, 7) is 3.76. The molecule has 128 valence electrons. The zero-order chi connectivity index (χ0) is 16.3. The Morgan fingerprint density at radius 3 is 3.13 bits per heavy atom. The van der Waals surface area contributed by atoms with Crippen molar-refractivity contribution in [3.05, 3.63) is 23.8 Å². The van der Waals surface area contributed by atoms with E-state index < -0.39 is 10.0 Å². The number of hydrogen-bond acceptors (Lipinski definition) is 5. The van der Waals surface area contributed by atoms with Crippen LogP contribution in [0.1, 0.15) is 18.4 Å². The van der Waals surface area contributed by atoms with Crippen LogP contribution >= 0.6 is 0 Å². The second kappa shape index (κ2) is 7.17. The first-order chi connectivity index (χ1) is 11.1. The molecule has 0 aliphatic carbocycles. The maximum Gasteiger partial charge on any atom is 0.244 e. The molecule has 1 aromatic carbocycles. The van der Waals surface area contributed by atoms with Gasteiger partial charge in [-0.15, -0.1) is 0 Å². The summed E-state index contributed by atoms with van der Waals surface area (Å²) in [6.07, 6.45) is 2.62. The Morgan fingerprint density at radius 1 is 1.43 bits per heavy atom. The quantitative estimate of drug-likeness (QED) is 0.837. The molecule has 0 spiro atoms. The molecule has 3 rings (SSSR count). The van der Waals surface area contributed by atoms with Crippen LogP contribution in [0.3, 0.4) is 0 Å². The van der Waals surface area contributed by atoms with Crippen LogP contribution in [0.25, 0.3) is 0 Å². The van der Waals surface area contributed by atoms with Crippen LogP contribution in [0.4, 0.5) is 0 Å². The molecule has 2 aliphatic heterocycles. The Bertz CT molecular complexity index is 647. The number of sulfonamides is 1. The van der Waals surface area contributed by atoms with E-state index in [4.69, 9.17) is 9.47 Å². The van der Waals surface area contributed by atoms with Crippen molar-refractivity contribution < 1.29 is 17.9 Å². The topological polar surface area (TPSA) is 67.9 Å². The molecule has 0 saturated carbocycles. The highest BCUT2D eigenvalue weighted by Gasteiger charge is 2.29. The molecule has 1 fully saturated rings.